The standard InChI is InChI=1S/C21H37BrO5PSi/c1-19(2,3)18(25-29(10)11)16-14-15(22)12-13-17(16)24-28(23,26-20(4,5)6)27-21(7,8)9/h12-14,18H,1-11H3. The van der Waals surface area contributed by atoms with Crippen molar-refractivity contribution in [3.8, 4) is 5.75 Å². The van der Waals surface area contributed by atoms with Gasteiger partial charge in [0.1, 0.15) is 5.75 Å². The van der Waals surface area contributed by atoms with Crippen LogP contribution in [-0.2, 0) is 18.0 Å². The number of halogens is 1. The van der Waals surface area contributed by atoms with E-state index in [1.807, 2.05) is 53.7 Å². The van der Waals surface area contributed by atoms with Crippen molar-refractivity contribution in [2.45, 2.75) is 92.7 Å². The van der Waals surface area contributed by atoms with E-state index in [4.69, 9.17) is 18.0 Å². The number of phosphoric acid groups is 1. The van der Waals surface area contributed by atoms with Gasteiger partial charge in [0.05, 0.1) is 17.3 Å². The van der Waals surface area contributed by atoms with Gasteiger partial charge in [0, 0.05) is 10.0 Å². The van der Waals surface area contributed by atoms with Crippen LogP contribution >= 0.6 is 23.8 Å². The summed E-state index contributed by atoms with van der Waals surface area (Å²) in [5, 5.41) is 0. The molecule has 0 heterocycles. The summed E-state index contributed by atoms with van der Waals surface area (Å²) in [6.45, 7) is 21.5. The van der Waals surface area contributed by atoms with Gasteiger partial charge >= 0.3 is 7.82 Å². The SMILES string of the molecule is C[Si](C)OC(c1cc(Br)ccc1OP(=O)(OC(C)(C)C)OC(C)(C)C)C(C)(C)C. The van der Waals surface area contributed by atoms with Crippen molar-refractivity contribution in [3.63, 3.8) is 0 Å². The zero-order chi connectivity index (χ0) is 22.8. The van der Waals surface area contributed by atoms with Crippen molar-refractivity contribution in [1.82, 2.24) is 0 Å². The normalized spacial score (nSPS) is 14.9. The van der Waals surface area contributed by atoms with Crippen molar-refractivity contribution in [1.29, 1.82) is 0 Å². The lowest BCUT2D eigenvalue weighted by atomic mass is 9.84. The maximum absolute atomic E-state index is 13.6. The molecule has 0 amide bonds. The number of hydrogen-bond acceptors (Lipinski definition) is 5. The maximum Gasteiger partial charge on any atom is 0.531 e. The van der Waals surface area contributed by atoms with E-state index in [1.165, 1.54) is 0 Å². The van der Waals surface area contributed by atoms with Gasteiger partial charge in [0.2, 0.25) is 9.04 Å². The van der Waals surface area contributed by atoms with Gasteiger partial charge in [-0.1, -0.05) is 36.7 Å². The Labute approximate surface area is 187 Å². The Hall–Kier alpha value is -0.173. The van der Waals surface area contributed by atoms with Crippen LogP contribution in [0, 0.1) is 5.41 Å². The molecule has 1 atom stereocenters. The second kappa shape index (κ2) is 9.54. The fourth-order valence-corrected chi connectivity index (χ4v) is 5.79. The summed E-state index contributed by atoms with van der Waals surface area (Å²) in [6, 6.07) is 5.58. The van der Waals surface area contributed by atoms with E-state index in [9.17, 15) is 4.57 Å². The van der Waals surface area contributed by atoms with Gasteiger partial charge in [-0.3, -0.25) is 9.05 Å². The molecule has 0 aromatic heterocycles. The minimum absolute atomic E-state index is 0.194. The third-order valence-corrected chi connectivity index (χ3v) is 6.54. The fourth-order valence-electron chi connectivity index (χ4n) is 2.60. The summed E-state index contributed by atoms with van der Waals surface area (Å²) >= 11 is 3.54. The lowest BCUT2D eigenvalue weighted by molar-refractivity contribution is 0.0213. The molecule has 0 N–H and O–H groups in total. The topological polar surface area (TPSA) is 54.0 Å². The monoisotopic (exact) mass is 507 g/mol. The van der Waals surface area contributed by atoms with Crippen LogP contribution in [0.15, 0.2) is 22.7 Å². The van der Waals surface area contributed by atoms with Crippen molar-refractivity contribution >= 4 is 32.8 Å². The Bertz CT molecular complexity index is 712. The van der Waals surface area contributed by atoms with Crippen LogP contribution in [0.1, 0.15) is 74.0 Å². The highest BCUT2D eigenvalue weighted by Crippen LogP contribution is 2.57. The average molecular weight is 508 g/mol. The number of benzene rings is 1. The van der Waals surface area contributed by atoms with Gasteiger partial charge in [0.25, 0.3) is 0 Å². The molecule has 0 bridgehead atoms. The van der Waals surface area contributed by atoms with E-state index in [2.05, 4.69) is 49.8 Å². The lowest BCUT2D eigenvalue weighted by Crippen LogP contribution is -2.28. The van der Waals surface area contributed by atoms with Gasteiger partial charge in [-0.15, -0.1) is 0 Å². The molecular formula is C21H37BrO5PSi. The summed E-state index contributed by atoms with van der Waals surface area (Å²) < 4.78 is 38.5. The molecule has 1 aromatic rings. The molecule has 1 rings (SSSR count). The molecule has 5 nitrogen and oxygen atoms in total. The van der Waals surface area contributed by atoms with Crippen LogP contribution in [0.5, 0.6) is 5.75 Å². The molecule has 1 radical (unpaired) electrons. The molecule has 29 heavy (non-hydrogen) atoms. The van der Waals surface area contributed by atoms with E-state index < -0.39 is 28.1 Å². The molecule has 0 saturated carbocycles. The van der Waals surface area contributed by atoms with Crippen molar-refractivity contribution in [2.75, 3.05) is 0 Å². The highest BCUT2D eigenvalue weighted by Gasteiger charge is 2.40. The van der Waals surface area contributed by atoms with Crippen LogP contribution in [0.4, 0.5) is 0 Å². The van der Waals surface area contributed by atoms with Gasteiger partial charge in [-0.05, 0) is 78.3 Å². The number of phosphoric ester groups is 1. The highest BCUT2D eigenvalue weighted by molar-refractivity contribution is 9.10. The minimum atomic E-state index is -3.92. The highest BCUT2D eigenvalue weighted by atomic mass is 79.9. The van der Waals surface area contributed by atoms with Crippen molar-refractivity contribution in [2.24, 2.45) is 5.41 Å². The second-order valence-electron chi connectivity index (χ2n) is 10.4. The first-order chi connectivity index (χ1) is 12.8. The smallest absolute Gasteiger partial charge is 0.410 e. The van der Waals surface area contributed by atoms with Crippen LogP contribution in [0.3, 0.4) is 0 Å². The van der Waals surface area contributed by atoms with E-state index in [0.29, 0.717) is 5.75 Å². The largest absolute Gasteiger partial charge is 0.531 e. The molecule has 0 aliphatic rings. The molecule has 1 unspecified atom stereocenters. The third kappa shape index (κ3) is 9.66. The average Bonchev–Trinajstić information content (AvgIpc) is 2.41. The van der Waals surface area contributed by atoms with Crippen LogP contribution in [-0.4, -0.2) is 20.2 Å². The minimum Gasteiger partial charge on any atom is -0.410 e. The van der Waals surface area contributed by atoms with Gasteiger partial charge in [-0.25, -0.2) is 4.57 Å². The van der Waals surface area contributed by atoms with E-state index in [0.717, 1.165) is 10.0 Å². The molecule has 167 valence electrons. The number of rotatable bonds is 7. The third-order valence-electron chi connectivity index (χ3n) is 3.38. The van der Waals surface area contributed by atoms with Gasteiger partial charge in [-0.2, -0.15) is 0 Å². The number of hydrogen-bond donors (Lipinski definition) is 0. The Morgan fingerprint density at radius 2 is 1.41 bits per heavy atom. The molecule has 0 fully saturated rings. The summed E-state index contributed by atoms with van der Waals surface area (Å²) in [5.74, 6) is 0.438. The van der Waals surface area contributed by atoms with Gasteiger partial charge < -0.3 is 8.95 Å². The zero-order valence-electron chi connectivity index (χ0n) is 19.7. The summed E-state index contributed by atoms with van der Waals surface area (Å²) in [6.07, 6.45) is -0.239. The first kappa shape index (κ1) is 26.9. The molecule has 0 aliphatic heterocycles. The van der Waals surface area contributed by atoms with Crippen LogP contribution < -0.4 is 4.52 Å². The van der Waals surface area contributed by atoms with Gasteiger partial charge in [0.15, 0.2) is 0 Å². The first-order valence-corrected chi connectivity index (χ1v) is 14.4. The Balaban J connectivity index is 3.50. The molecule has 1 aromatic carbocycles. The maximum atomic E-state index is 13.6. The molecular weight excluding hydrogens is 471 g/mol. The summed E-state index contributed by atoms with van der Waals surface area (Å²) in [7, 11) is -4.91. The Kier molecular flexibility index (Phi) is 8.83. The predicted molar refractivity (Wildman–Crippen MR) is 125 cm³/mol. The lowest BCUT2D eigenvalue weighted by Gasteiger charge is -2.35. The van der Waals surface area contributed by atoms with E-state index in [1.54, 1.807) is 6.07 Å². The van der Waals surface area contributed by atoms with Crippen LogP contribution in [0.25, 0.3) is 0 Å². The fraction of sp³-hybridized carbons (Fsp3) is 0.714. The Morgan fingerprint density at radius 3 is 1.79 bits per heavy atom. The van der Waals surface area contributed by atoms with Crippen molar-refractivity contribution in [3.05, 3.63) is 28.2 Å². The van der Waals surface area contributed by atoms with Crippen molar-refractivity contribution < 1.29 is 22.6 Å². The predicted octanol–water partition coefficient (Wildman–Crippen LogP) is 7.92. The molecule has 0 aliphatic carbocycles. The molecule has 0 saturated heterocycles. The zero-order valence-corrected chi connectivity index (χ0v) is 23.2. The second-order valence-corrected chi connectivity index (χ2v) is 14.8. The summed E-state index contributed by atoms with van der Waals surface area (Å²) in [4.78, 5) is 0. The van der Waals surface area contributed by atoms with E-state index in [-0.39, 0.29) is 11.5 Å². The van der Waals surface area contributed by atoms with Crippen LogP contribution in [0.2, 0.25) is 13.1 Å². The molecule has 8 heteroatoms. The molecule has 0 spiro atoms. The summed E-state index contributed by atoms with van der Waals surface area (Å²) in [5.41, 5.74) is -0.799. The Morgan fingerprint density at radius 1 is 0.931 bits per heavy atom. The van der Waals surface area contributed by atoms with E-state index >= 15 is 0 Å². The first-order valence-electron chi connectivity index (χ1n) is 9.79. The quantitative estimate of drug-likeness (QED) is 0.277.